The minimum absolute atomic E-state index is 0.202. The lowest BCUT2D eigenvalue weighted by atomic mass is 10.1. The number of amides is 1. The summed E-state index contributed by atoms with van der Waals surface area (Å²) in [5.74, 6) is 7.05. The van der Waals surface area contributed by atoms with E-state index in [9.17, 15) is 4.79 Å². The van der Waals surface area contributed by atoms with Gasteiger partial charge in [0.15, 0.2) is 5.82 Å². The molecule has 196 valence electrons. The largest absolute Gasteiger partial charge is 0.488 e. The van der Waals surface area contributed by atoms with Crippen molar-refractivity contribution in [3.05, 3.63) is 70.9 Å². The van der Waals surface area contributed by atoms with E-state index in [-0.39, 0.29) is 12.0 Å². The van der Waals surface area contributed by atoms with E-state index in [2.05, 4.69) is 22.3 Å². The van der Waals surface area contributed by atoms with E-state index in [0.29, 0.717) is 42.5 Å². The van der Waals surface area contributed by atoms with Crippen LogP contribution in [0.2, 0.25) is 0 Å². The van der Waals surface area contributed by atoms with Crippen LogP contribution in [0.1, 0.15) is 34.0 Å². The number of benzene rings is 2. The summed E-state index contributed by atoms with van der Waals surface area (Å²) in [4.78, 5) is 18.5. The Kier molecular flexibility index (Phi) is 10.1. The number of nitrogens with zero attached hydrogens (tertiary/aromatic N) is 3. The topological polar surface area (TPSA) is 87.1 Å². The van der Waals surface area contributed by atoms with E-state index in [1.54, 1.807) is 62.5 Å². The van der Waals surface area contributed by atoms with E-state index >= 15 is 0 Å². The molecule has 0 aliphatic rings. The van der Waals surface area contributed by atoms with Gasteiger partial charge in [-0.1, -0.05) is 17.9 Å². The van der Waals surface area contributed by atoms with Crippen LogP contribution in [-0.4, -0.2) is 62.9 Å². The van der Waals surface area contributed by atoms with Crippen molar-refractivity contribution in [1.29, 1.82) is 0 Å². The molecule has 1 N–H and O–H groups in total. The number of nitrogens with one attached hydrogen (secondary N) is 1. The van der Waals surface area contributed by atoms with Gasteiger partial charge in [0.2, 0.25) is 0 Å². The molecule has 0 unspecified atom stereocenters. The van der Waals surface area contributed by atoms with Crippen LogP contribution in [0.15, 0.2) is 48.7 Å². The zero-order valence-corrected chi connectivity index (χ0v) is 22.2. The number of hydrogen-bond donors (Lipinski definition) is 1. The number of rotatable bonds is 11. The van der Waals surface area contributed by atoms with Crippen molar-refractivity contribution >= 4 is 17.4 Å². The standard InChI is InChI=1S/C28H34N4O5/c1-20-7-8-22(17-26(20)32(36-6)13-14-34-4)9-10-23-15-24(18-25(16-23)37-21(2)19-35-5)28(33)29-27-11-12-31(3)30-27/h7-8,11-12,15-18,21H,13-14,19H2,1-6H3,(H,29,30,33)/t21-/m0/s1. The summed E-state index contributed by atoms with van der Waals surface area (Å²) in [6.45, 7) is 5.43. The highest BCUT2D eigenvalue weighted by molar-refractivity contribution is 6.04. The molecule has 1 amide bonds. The van der Waals surface area contributed by atoms with Crippen molar-refractivity contribution in [2.75, 3.05) is 51.5 Å². The fraction of sp³-hybridized carbons (Fsp3) is 0.357. The van der Waals surface area contributed by atoms with Gasteiger partial charge in [-0.2, -0.15) is 5.10 Å². The molecule has 0 bridgehead atoms. The van der Waals surface area contributed by atoms with Crippen LogP contribution >= 0.6 is 0 Å². The highest BCUT2D eigenvalue weighted by Gasteiger charge is 2.13. The normalized spacial score (nSPS) is 11.4. The maximum atomic E-state index is 13.0. The minimum atomic E-state index is -0.307. The number of aromatic nitrogens is 2. The lowest BCUT2D eigenvalue weighted by Gasteiger charge is -2.23. The third-order valence-corrected chi connectivity index (χ3v) is 5.41. The molecule has 0 aliphatic carbocycles. The monoisotopic (exact) mass is 506 g/mol. The molecule has 3 aromatic rings. The second-order valence-corrected chi connectivity index (χ2v) is 8.49. The summed E-state index contributed by atoms with van der Waals surface area (Å²) in [5.41, 5.74) is 3.82. The molecule has 0 saturated heterocycles. The molecule has 3 rings (SSSR count). The maximum Gasteiger partial charge on any atom is 0.257 e. The molecule has 0 fully saturated rings. The molecule has 1 aromatic heterocycles. The molecule has 9 nitrogen and oxygen atoms in total. The van der Waals surface area contributed by atoms with Crippen LogP contribution in [-0.2, 0) is 21.4 Å². The van der Waals surface area contributed by atoms with Gasteiger partial charge < -0.3 is 19.5 Å². The molecule has 9 heteroatoms. The van der Waals surface area contributed by atoms with Crippen molar-refractivity contribution in [3.63, 3.8) is 0 Å². The summed E-state index contributed by atoms with van der Waals surface area (Å²) >= 11 is 0. The van der Waals surface area contributed by atoms with Gasteiger partial charge in [-0.15, -0.1) is 0 Å². The molecule has 0 aliphatic heterocycles. The fourth-order valence-corrected chi connectivity index (χ4v) is 3.63. The molecule has 0 radical (unpaired) electrons. The van der Waals surface area contributed by atoms with Crippen molar-refractivity contribution < 1.29 is 23.8 Å². The molecule has 37 heavy (non-hydrogen) atoms. The fourth-order valence-electron chi connectivity index (χ4n) is 3.63. The van der Waals surface area contributed by atoms with Gasteiger partial charge in [0.25, 0.3) is 5.91 Å². The van der Waals surface area contributed by atoms with Crippen LogP contribution in [0.4, 0.5) is 11.5 Å². The van der Waals surface area contributed by atoms with E-state index in [1.165, 1.54) is 0 Å². The number of anilines is 2. The Labute approximate surface area is 218 Å². The average molecular weight is 507 g/mol. The Hall–Kier alpha value is -3.84. The van der Waals surface area contributed by atoms with Gasteiger partial charge in [0.1, 0.15) is 11.9 Å². The first-order valence-electron chi connectivity index (χ1n) is 11.9. The highest BCUT2D eigenvalue weighted by atomic mass is 16.7. The second-order valence-electron chi connectivity index (χ2n) is 8.49. The van der Waals surface area contributed by atoms with Crippen molar-refractivity contribution in [2.45, 2.75) is 20.0 Å². The lowest BCUT2D eigenvalue weighted by Crippen LogP contribution is -2.26. The summed E-state index contributed by atoms with van der Waals surface area (Å²) in [6, 6.07) is 12.9. The van der Waals surface area contributed by atoms with Gasteiger partial charge >= 0.3 is 0 Å². The van der Waals surface area contributed by atoms with Crippen LogP contribution in [0.25, 0.3) is 0 Å². The smallest absolute Gasteiger partial charge is 0.257 e. The SMILES string of the molecule is COCCN(OC)c1cc(C#Cc2cc(O[C@@H](C)COC)cc(C(=O)Nc3ccn(C)n3)c2)ccc1C. The van der Waals surface area contributed by atoms with E-state index in [0.717, 1.165) is 16.8 Å². The molecule has 1 heterocycles. The van der Waals surface area contributed by atoms with Crippen LogP contribution in [0, 0.1) is 18.8 Å². The zero-order chi connectivity index (χ0) is 26.8. The van der Waals surface area contributed by atoms with Gasteiger partial charge in [-0.25, -0.2) is 0 Å². The predicted octanol–water partition coefficient (Wildman–Crippen LogP) is 3.81. The molecule has 2 aromatic carbocycles. The lowest BCUT2D eigenvalue weighted by molar-refractivity contribution is 0.0917. The van der Waals surface area contributed by atoms with Crippen LogP contribution in [0.5, 0.6) is 5.75 Å². The van der Waals surface area contributed by atoms with Gasteiger partial charge in [0, 0.05) is 50.2 Å². The molecule has 0 saturated carbocycles. The Morgan fingerprint density at radius 1 is 1.08 bits per heavy atom. The predicted molar refractivity (Wildman–Crippen MR) is 143 cm³/mol. The number of hydroxylamine groups is 1. The van der Waals surface area contributed by atoms with Gasteiger partial charge in [-0.3, -0.25) is 19.4 Å². The summed E-state index contributed by atoms with van der Waals surface area (Å²) in [6.07, 6.45) is 1.56. The van der Waals surface area contributed by atoms with E-state index in [4.69, 9.17) is 19.0 Å². The van der Waals surface area contributed by atoms with E-state index in [1.807, 2.05) is 38.1 Å². The third kappa shape index (κ3) is 8.08. The number of carbonyl (C=O) groups excluding carboxylic acids is 1. The molecular weight excluding hydrogens is 472 g/mol. The van der Waals surface area contributed by atoms with Crippen molar-refractivity contribution in [1.82, 2.24) is 9.78 Å². The Bertz CT molecular complexity index is 1260. The first kappa shape index (κ1) is 27.7. The number of ether oxygens (including phenoxy) is 3. The number of aryl methyl sites for hydroxylation is 2. The number of methoxy groups -OCH3 is 2. The first-order valence-corrected chi connectivity index (χ1v) is 11.9. The number of carbonyl (C=O) groups is 1. The Balaban J connectivity index is 1.92. The van der Waals surface area contributed by atoms with Crippen molar-refractivity contribution in [3.8, 4) is 17.6 Å². The maximum absolute atomic E-state index is 13.0. The van der Waals surface area contributed by atoms with E-state index < -0.39 is 0 Å². The summed E-state index contributed by atoms with van der Waals surface area (Å²) in [7, 11) is 6.68. The third-order valence-electron chi connectivity index (χ3n) is 5.41. The summed E-state index contributed by atoms with van der Waals surface area (Å²) in [5, 5.41) is 8.79. The van der Waals surface area contributed by atoms with Crippen LogP contribution in [0.3, 0.4) is 0 Å². The molecule has 1 atom stereocenters. The quantitative estimate of drug-likeness (QED) is 0.313. The number of hydrogen-bond acceptors (Lipinski definition) is 7. The Morgan fingerprint density at radius 3 is 2.54 bits per heavy atom. The Morgan fingerprint density at radius 2 is 1.86 bits per heavy atom. The zero-order valence-electron chi connectivity index (χ0n) is 22.2. The molecule has 0 spiro atoms. The molecular formula is C28H34N4O5. The minimum Gasteiger partial charge on any atom is -0.488 e. The van der Waals surface area contributed by atoms with Crippen molar-refractivity contribution in [2.24, 2.45) is 7.05 Å². The van der Waals surface area contributed by atoms with Crippen LogP contribution < -0.4 is 15.1 Å². The summed E-state index contributed by atoms with van der Waals surface area (Å²) < 4.78 is 18.0. The second kappa shape index (κ2) is 13.5. The highest BCUT2D eigenvalue weighted by Crippen LogP contribution is 2.23. The first-order chi connectivity index (χ1) is 17.8. The van der Waals surface area contributed by atoms with Gasteiger partial charge in [-0.05, 0) is 49.7 Å². The van der Waals surface area contributed by atoms with Gasteiger partial charge in [0.05, 0.1) is 32.6 Å². The average Bonchev–Trinajstić information content (AvgIpc) is 3.28.